The quantitative estimate of drug-likeness (QED) is 0.567. The van der Waals surface area contributed by atoms with Gasteiger partial charge in [-0.25, -0.2) is 19.3 Å². The summed E-state index contributed by atoms with van der Waals surface area (Å²) in [4.78, 5) is 13.3. The van der Waals surface area contributed by atoms with Gasteiger partial charge >= 0.3 is 0 Å². The zero-order valence-corrected chi connectivity index (χ0v) is 13.1. The van der Waals surface area contributed by atoms with Crippen LogP contribution in [-0.2, 0) is 0 Å². The van der Waals surface area contributed by atoms with Crippen molar-refractivity contribution in [1.29, 1.82) is 0 Å². The minimum atomic E-state index is -0.312. The highest BCUT2D eigenvalue weighted by molar-refractivity contribution is 5.71. The normalized spacial score (nSPS) is 12.4. The molecule has 0 N–H and O–H groups in total. The van der Waals surface area contributed by atoms with Crippen molar-refractivity contribution < 1.29 is 4.39 Å². The molecule has 0 saturated carbocycles. The third-order valence-electron chi connectivity index (χ3n) is 4.13. The lowest BCUT2D eigenvalue weighted by Gasteiger charge is -2.14. The molecule has 0 spiro atoms. The van der Waals surface area contributed by atoms with E-state index in [1.54, 1.807) is 30.7 Å². The van der Waals surface area contributed by atoms with Crippen LogP contribution in [0.5, 0.6) is 0 Å². The first kappa shape index (κ1) is 14.5. The Morgan fingerprint density at radius 2 is 1.71 bits per heavy atom. The van der Waals surface area contributed by atoms with Gasteiger partial charge < -0.3 is 4.57 Å². The van der Waals surface area contributed by atoms with Crippen molar-refractivity contribution in [1.82, 2.24) is 19.5 Å². The van der Waals surface area contributed by atoms with Crippen LogP contribution in [0.1, 0.15) is 18.5 Å². The summed E-state index contributed by atoms with van der Waals surface area (Å²) < 4.78 is 16.0. The van der Waals surface area contributed by atoms with E-state index in [0.29, 0.717) is 22.6 Å². The molecule has 118 valence electrons. The van der Waals surface area contributed by atoms with Crippen LogP contribution in [0.4, 0.5) is 4.39 Å². The maximum absolute atomic E-state index is 14.0. The van der Waals surface area contributed by atoms with Gasteiger partial charge in [-0.1, -0.05) is 42.5 Å². The summed E-state index contributed by atoms with van der Waals surface area (Å²) in [6.07, 6.45) is 3.29. The van der Waals surface area contributed by atoms with Gasteiger partial charge in [0, 0.05) is 5.56 Å². The number of aromatic nitrogens is 4. The Bertz CT molecular complexity index is 995. The SMILES string of the molecule is CC(c1ccccc1)n1cnc2ncc(-c3ccccc3F)nc21. The van der Waals surface area contributed by atoms with E-state index in [9.17, 15) is 4.39 Å². The Morgan fingerprint density at radius 1 is 0.958 bits per heavy atom. The summed E-state index contributed by atoms with van der Waals surface area (Å²) in [6, 6.07) is 16.7. The molecular formula is C19H15FN4. The largest absolute Gasteiger partial charge is 0.307 e. The maximum atomic E-state index is 14.0. The standard InChI is InChI=1S/C19H15FN4/c1-13(14-7-3-2-4-8-14)24-12-22-18-19(24)23-17(11-21-18)15-9-5-6-10-16(15)20/h2-13H,1H3. The summed E-state index contributed by atoms with van der Waals surface area (Å²) in [5.74, 6) is -0.312. The molecular weight excluding hydrogens is 303 g/mol. The van der Waals surface area contributed by atoms with Crippen LogP contribution in [0, 0.1) is 5.82 Å². The summed E-state index contributed by atoms with van der Waals surface area (Å²) in [5.41, 5.74) is 3.29. The van der Waals surface area contributed by atoms with E-state index in [1.807, 2.05) is 22.8 Å². The van der Waals surface area contributed by atoms with E-state index in [0.717, 1.165) is 5.56 Å². The summed E-state index contributed by atoms with van der Waals surface area (Å²) in [6.45, 7) is 2.08. The molecule has 0 amide bonds. The van der Waals surface area contributed by atoms with Crippen LogP contribution in [0.25, 0.3) is 22.6 Å². The Kier molecular flexibility index (Phi) is 3.54. The molecule has 1 atom stereocenters. The zero-order chi connectivity index (χ0) is 16.5. The Morgan fingerprint density at radius 3 is 2.50 bits per heavy atom. The second-order valence-electron chi connectivity index (χ2n) is 5.62. The first-order valence-corrected chi connectivity index (χ1v) is 7.73. The molecule has 1 unspecified atom stereocenters. The van der Waals surface area contributed by atoms with E-state index in [2.05, 4.69) is 34.0 Å². The van der Waals surface area contributed by atoms with E-state index < -0.39 is 0 Å². The predicted molar refractivity (Wildman–Crippen MR) is 91.0 cm³/mol. The number of nitrogens with zero attached hydrogens (tertiary/aromatic N) is 4. The van der Waals surface area contributed by atoms with Crippen LogP contribution in [0.15, 0.2) is 67.1 Å². The number of hydrogen-bond donors (Lipinski definition) is 0. The monoisotopic (exact) mass is 318 g/mol. The van der Waals surface area contributed by atoms with Gasteiger partial charge in [0.25, 0.3) is 0 Å². The van der Waals surface area contributed by atoms with Crippen LogP contribution in [0.2, 0.25) is 0 Å². The molecule has 5 heteroatoms. The predicted octanol–water partition coefficient (Wildman–Crippen LogP) is 4.24. The zero-order valence-electron chi connectivity index (χ0n) is 13.1. The number of rotatable bonds is 3. The summed E-state index contributed by atoms with van der Waals surface area (Å²) in [5, 5.41) is 0. The molecule has 0 aliphatic rings. The Hall–Kier alpha value is -3.08. The smallest absolute Gasteiger partial charge is 0.197 e. The second-order valence-corrected chi connectivity index (χ2v) is 5.62. The molecule has 2 aromatic carbocycles. The lowest BCUT2D eigenvalue weighted by molar-refractivity contribution is 0.630. The fraction of sp³-hybridized carbons (Fsp3) is 0.105. The molecule has 0 saturated heterocycles. The lowest BCUT2D eigenvalue weighted by Crippen LogP contribution is -2.06. The van der Waals surface area contributed by atoms with Gasteiger partial charge in [0.15, 0.2) is 11.3 Å². The van der Waals surface area contributed by atoms with Crippen molar-refractivity contribution in [2.75, 3.05) is 0 Å². The van der Waals surface area contributed by atoms with Crippen molar-refractivity contribution in [2.24, 2.45) is 0 Å². The van der Waals surface area contributed by atoms with Crippen molar-refractivity contribution in [3.8, 4) is 11.3 Å². The van der Waals surface area contributed by atoms with E-state index in [4.69, 9.17) is 0 Å². The first-order valence-electron chi connectivity index (χ1n) is 7.73. The number of fused-ring (bicyclic) bond motifs is 1. The molecule has 4 aromatic rings. The van der Waals surface area contributed by atoms with Gasteiger partial charge in [-0.2, -0.15) is 0 Å². The molecule has 0 aliphatic carbocycles. The van der Waals surface area contributed by atoms with E-state index >= 15 is 0 Å². The average molecular weight is 318 g/mol. The molecule has 2 aromatic heterocycles. The van der Waals surface area contributed by atoms with Gasteiger partial charge in [-0.3, -0.25) is 0 Å². The van der Waals surface area contributed by atoms with Crippen molar-refractivity contribution in [3.63, 3.8) is 0 Å². The molecule has 0 fully saturated rings. The number of hydrogen-bond acceptors (Lipinski definition) is 3. The van der Waals surface area contributed by atoms with Crippen molar-refractivity contribution in [2.45, 2.75) is 13.0 Å². The topological polar surface area (TPSA) is 43.6 Å². The first-order chi connectivity index (χ1) is 11.7. The minimum absolute atomic E-state index is 0.0568. The van der Waals surface area contributed by atoms with Gasteiger partial charge in [0.1, 0.15) is 5.82 Å². The number of benzene rings is 2. The molecule has 24 heavy (non-hydrogen) atoms. The number of halogens is 1. The highest BCUT2D eigenvalue weighted by atomic mass is 19.1. The van der Waals surface area contributed by atoms with Gasteiger partial charge in [0.05, 0.1) is 24.3 Å². The molecule has 0 radical (unpaired) electrons. The molecule has 0 aliphatic heterocycles. The third kappa shape index (κ3) is 2.44. The summed E-state index contributed by atoms with van der Waals surface area (Å²) >= 11 is 0. The van der Waals surface area contributed by atoms with Gasteiger partial charge in [-0.05, 0) is 24.6 Å². The maximum Gasteiger partial charge on any atom is 0.197 e. The van der Waals surface area contributed by atoms with Crippen molar-refractivity contribution >= 4 is 11.3 Å². The van der Waals surface area contributed by atoms with Gasteiger partial charge in [-0.15, -0.1) is 0 Å². The molecule has 0 bridgehead atoms. The molecule has 4 rings (SSSR count). The second kappa shape index (κ2) is 5.85. The number of imidazole rings is 1. The van der Waals surface area contributed by atoms with Crippen LogP contribution < -0.4 is 0 Å². The van der Waals surface area contributed by atoms with Crippen LogP contribution >= 0.6 is 0 Å². The summed E-state index contributed by atoms with van der Waals surface area (Å²) in [7, 11) is 0. The Balaban J connectivity index is 1.84. The van der Waals surface area contributed by atoms with Crippen LogP contribution in [-0.4, -0.2) is 19.5 Å². The van der Waals surface area contributed by atoms with Crippen molar-refractivity contribution in [3.05, 3.63) is 78.5 Å². The molecule has 4 nitrogen and oxygen atoms in total. The fourth-order valence-corrected chi connectivity index (χ4v) is 2.78. The highest BCUT2D eigenvalue weighted by Crippen LogP contribution is 2.25. The van der Waals surface area contributed by atoms with Crippen LogP contribution in [0.3, 0.4) is 0 Å². The van der Waals surface area contributed by atoms with Gasteiger partial charge in [0.2, 0.25) is 0 Å². The minimum Gasteiger partial charge on any atom is -0.307 e. The fourth-order valence-electron chi connectivity index (χ4n) is 2.78. The lowest BCUT2D eigenvalue weighted by atomic mass is 10.1. The Labute approximate surface area is 138 Å². The molecule has 2 heterocycles. The van der Waals surface area contributed by atoms with E-state index in [-0.39, 0.29) is 11.9 Å². The van der Waals surface area contributed by atoms with E-state index in [1.165, 1.54) is 6.07 Å². The third-order valence-corrected chi connectivity index (χ3v) is 4.13. The highest BCUT2D eigenvalue weighted by Gasteiger charge is 2.15. The average Bonchev–Trinajstić information content (AvgIpc) is 3.05.